The van der Waals surface area contributed by atoms with Crippen molar-refractivity contribution in [2.45, 2.75) is 39.2 Å². The van der Waals surface area contributed by atoms with Crippen LogP contribution in [0, 0.1) is 5.92 Å². The highest BCUT2D eigenvalue weighted by molar-refractivity contribution is 5.83. The van der Waals surface area contributed by atoms with Gasteiger partial charge in [0.15, 0.2) is 0 Å². The Bertz CT molecular complexity index is 644. The predicted molar refractivity (Wildman–Crippen MR) is 109 cm³/mol. The fourth-order valence-electron chi connectivity index (χ4n) is 3.96. The number of hydrogen-bond acceptors (Lipinski definition) is 4. The molecule has 154 valence electrons. The molecule has 1 unspecified atom stereocenters. The third kappa shape index (κ3) is 5.25. The van der Waals surface area contributed by atoms with Crippen LogP contribution < -0.4 is 0 Å². The van der Waals surface area contributed by atoms with Gasteiger partial charge in [0.25, 0.3) is 0 Å². The highest BCUT2D eigenvalue weighted by Gasteiger charge is 2.34. The standard InChI is InChI=1S/C22H33N3O3/c1-18(2)17-28-22(27)25-14-8-13-23(15-16-25)20(19-9-4-3-5-10-19)21(26)24-11-6-7-12-24/h3-5,9-10,18,20H,6-8,11-17H2,1-2H3. The van der Waals surface area contributed by atoms with Crippen LogP contribution in [0.15, 0.2) is 30.3 Å². The Balaban J connectivity index is 1.70. The first-order chi connectivity index (χ1) is 13.6. The number of hydrogen-bond donors (Lipinski definition) is 0. The Morgan fingerprint density at radius 2 is 1.57 bits per heavy atom. The van der Waals surface area contributed by atoms with Crippen molar-refractivity contribution in [2.24, 2.45) is 5.92 Å². The summed E-state index contributed by atoms with van der Waals surface area (Å²) in [5, 5.41) is 0. The molecule has 2 saturated heterocycles. The maximum absolute atomic E-state index is 13.3. The first-order valence-electron chi connectivity index (χ1n) is 10.6. The summed E-state index contributed by atoms with van der Waals surface area (Å²) < 4.78 is 5.40. The number of amides is 2. The second-order valence-corrected chi connectivity index (χ2v) is 8.19. The molecule has 28 heavy (non-hydrogen) atoms. The zero-order valence-electron chi connectivity index (χ0n) is 17.2. The van der Waals surface area contributed by atoms with E-state index in [-0.39, 0.29) is 18.0 Å². The first kappa shape index (κ1) is 20.6. The van der Waals surface area contributed by atoms with Crippen LogP contribution in [0.2, 0.25) is 0 Å². The fraction of sp³-hybridized carbons (Fsp3) is 0.636. The molecule has 2 aliphatic rings. The van der Waals surface area contributed by atoms with E-state index >= 15 is 0 Å². The van der Waals surface area contributed by atoms with Gasteiger partial charge in [-0.2, -0.15) is 0 Å². The van der Waals surface area contributed by atoms with Crippen molar-refractivity contribution < 1.29 is 14.3 Å². The number of carbonyl (C=O) groups is 2. The van der Waals surface area contributed by atoms with Gasteiger partial charge < -0.3 is 14.5 Å². The van der Waals surface area contributed by atoms with E-state index in [0.29, 0.717) is 32.2 Å². The van der Waals surface area contributed by atoms with Gasteiger partial charge in [0, 0.05) is 39.3 Å². The molecule has 3 rings (SSSR count). The van der Waals surface area contributed by atoms with Crippen LogP contribution in [-0.2, 0) is 9.53 Å². The number of likely N-dealkylation sites (tertiary alicyclic amines) is 1. The van der Waals surface area contributed by atoms with Crippen molar-refractivity contribution >= 4 is 12.0 Å². The lowest BCUT2D eigenvalue weighted by molar-refractivity contribution is -0.136. The molecule has 1 atom stereocenters. The zero-order valence-corrected chi connectivity index (χ0v) is 17.2. The van der Waals surface area contributed by atoms with E-state index in [1.807, 2.05) is 49.1 Å². The summed E-state index contributed by atoms with van der Waals surface area (Å²) in [7, 11) is 0. The maximum Gasteiger partial charge on any atom is 0.409 e. The lowest BCUT2D eigenvalue weighted by atomic mass is 10.0. The number of nitrogens with zero attached hydrogens (tertiary/aromatic N) is 3. The highest BCUT2D eigenvalue weighted by atomic mass is 16.6. The van der Waals surface area contributed by atoms with E-state index in [0.717, 1.165) is 44.5 Å². The van der Waals surface area contributed by atoms with E-state index in [1.165, 1.54) is 0 Å². The normalized spacial score (nSPS) is 19.5. The summed E-state index contributed by atoms with van der Waals surface area (Å²) in [6.45, 7) is 8.95. The van der Waals surface area contributed by atoms with E-state index in [9.17, 15) is 9.59 Å². The van der Waals surface area contributed by atoms with Crippen LogP contribution in [0.4, 0.5) is 4.79 Å². The van der Waals surface area contributed by atoms with Crippen molar-refractivity contribution in [1.82, 2.24) is 14.7 Å². The lowest BCUT2D eigenvalue weighted by Gasteiger charge is -2.33. The minimum Gasteiger partial charge on any atom is -0.449 e. The molecule has 0 radical (unpaired) electrons. The third-order valence-electron chi connectivity index (χ3n) is 5.46. The Morgan fingerprint density at radius 3 is 2.25 bits per heavy atom. The molecule has 1 aromatic rings. The Morgan fingerprint density at radius 1 is 0.893 bits per heavy atom. The fourth-order valence-corrected chi connectivity index (χ4v) is 3.96. The Labute approximate surface area is 168 Å². The van der Waals surface area contributed by atoms with Gasteiger partial charge in [-0.25, -0.2) is 4.79 Å². The molecule has 0 spiro atoms. The number of rotatable bonds is 5. The largest absolute Gasteiger partial charge is 0.449 e. The molecule has 6 nitrogen and oxygen atoms in total. The monoisotopic (exact) mass is 387 g/mol. The quantitative estimate of drug-likeness (QED) is 0.779. The average molecular weight is 388 g/mol. The van der Waals surface area contributed by atoms with Crippen LogP contribution in [0.5, 0.6) is 0 Å². The van der Waals surface area contributed by atoms with Crippen LogP contribution in [0.1, 0.15) is 44.7 Å². The van der Waals surface area contributed by atoms with Crippen molar-refractivity contribution in [3.63, 3.8) is 0 Å². The highest BCUT2D eigenvalue weighted by Crippen LogP contribution is 2.26. The van der Waals surface area contributed by atoms with Gasteiger partial charge in [-0.3, -0.25) is 9.69 Å². The van der Waals surface area contributed by atoms with Crippen LogP contribution in [-0.4, -0.2) is 72.6 Å². The average Bonchev–Trinajstić information content (AvgIpc) is 3.13. The van der Waals surface area contributed by atoms with Crippen LogP contribution in [0.25, 0.3) is 0 Å². The molecule has 2 heterocycles. The summed E-state index contributed by atoms with van der Waals surface area (Å²) in [5.74, 6) is 0.521. The van der Waals surface area contributed by atoms with Gasteiger partial charge in [0.1, 0.15) is 6.04 Å². The first-order valence-corrected chi connectivity index (χ1v) is 10.6. The molecule has 2 amide bonds. The Kier molecular flexibility index (Phi) is 7.31. The molecule has 0 aliphatic carbocycles. The number of ether oxygens (including phenoxy) is 1. The van der Waals surface area contributed by atoms with E-state index in [2.05, 4.69) is 4.90 Å². The molecule has 0 N–H and O–H groups in total. The molecular formula is C22H33N3O3. The molecule has 0 saturated carbocycles. The van der Waals surface area contributed by atoms with Crippen molar-refractivity contribution in [1.29, 1.82) is 0 Å². The molecule has 2 aliphatic heterocycles. The topological polar surface area (TPSA) is 53.1 Å². The van der Waals surface area contributed by atoms with Crippen LogP contribution in [0.3, 0.4) is 0 Å². The molecule has 0 bridgehead atoms. The van der Waals surface area contributed by atoms with Gasteiger partial charge in [0.05, 0.1) is 6.61 Å². The second kappa shape index (κ2) is 9.92. The van der Waals surface area contributed by atoms with Gasteiger partial charge >= 0.3 is 6.09 Å². The summed E-state index contributed by atoms with van der Waals surface area (Å²) in [6, 6.07) is 9.78. The Hall–Kier alpha value is -2.08. The minimum absolute atomic E-state index is 0.194. The molecule has 2 fully saturated rings. The molecule has 6 heteroatoms. The summed E-state index contributed by atoms with van der Waals surface area (Å²) >= 11 is 0. The van der Waals surface area contributed by atoms with Gasteiger partial charge in [-0.05, 0) is 30.7 Å². The van der Waals surface area contributed by atoms with E-state index < -0.39 is 0 Å². The lowest BCUT2D eigenvalue weighted by Crippen LogP contribution is -2.43. The molecule has 0 aromatic heterocycles. The number of benzene rings is 1. The van der Waals surface area contributed by atoms with Crippen molar-refractivity contribution in [2.75, 3.05) is 45.9 Å². The van der Waals surface area contributed by atoms with E-state index in [4.69, 9.17) is 4.74 Å². The minimum atomic E-state index is -0.272. The predicted octanol–water partition coefficient (Wildman–Crippen LogP) is 3.15. The molecule has 1 aromatic carbocycles. The summed E-state index contributed by atoms with van der Waals surface area (Å²) in [6.07, 6.45) is 2.77. The third-order valence-corrected chi connectivity index (χ3v) is 5.46. The summed E-state index contributed by atoms with van der Waals surface area (Å²) in [5.41, 5.74) is 1.04. The van der Waals surface area contributed by atoms with Gasteiger partial charge in [-0.15, -0.1) is 0 Å². The smallest absolute Gasteiger partial charge is 0.409 e. The van der Waals surface area contributed by atoms with Gasteiger partial charge in [0.2, 0.25) is 5.91 Å². The van der Waals surface area contributed by atoms with Gasteiger partial charge in [-0.1, -0.05) is 44.2 Å². The number of carbonyl (C=O) groups excluding carboxylic acids is 2. The summed E-state index contributed by atoms with van der Waals surface area (Å²) in [4.78, 5) is 31.7. The van der Waals surface area contributed by atoms with Crippen molar-refractivity contribution in [3.05, 3.63) is 35.9 Å². The van der Waals surface area contributed by atoms with Crippen molar-refractivity contribution in [3.8, 4) is 0 Å². The molecular weight excluding hydrogens is 354 g/mol. The zero-order chi connectivity index (χ0) is 19.9. The van der Waals surface area contributed by atoms with E-state index in [1.54, 1.807) is 4.90 Å². The second-order valence-electron chi connectivity index (χ2n) is 8.19. The maximum atomic E-state index is 13.3. The van der Waals surface area contributed by atoms with Crippen LogP contribution >= 0.6 is 0 Å². The SMILES string of the molecule is CC(C)COC(=O)N1CCCN(C(C(=O)N2CCCC2)c2ccccc2)CC1.